The predicted octanol–water partition coefficient (Wildman–Crippen LogP) is 0.529. The molecule has 0 aromatic rings. The first kappa shape index (κ1) is 10.6. The average Bonchev–Trinajstić information content (AvgIpc) is 1.86. The monoisotopic (exact) mass is 159 g/mol. The topological polar surface area (TPSA) is 49.3 Å². The minimum Gasteiger partial charge on any atom is -0.381 e. The molecule has 3 heteroatoms. The van der Waals surface area contributed by atoms with Crippen LogP contribution in [0.4, 0.5) is 0 Å². The fraction of sp³-hybridized carbons (Fsp3) is 0.875. The number of aliphatic hydroxyl groups excluding tert-OH is 1. The van der Waals surface area contributed by atoms with Gasteiger partial charge in [0.2, 0.25) is 0 Å². The number of ketones is 1. The molecule has 0 spiro atoms. The Morgan fingerprint density at radius 2 is 2.09 bits per heavy atom. The van der Waals surface area contributed by atoms with Gasteiger partial charge in [-0.2, -0.15) is 0 Å². The van der Waals surface area contributed by atoms with Crippen LogP contribution < -0.4 is 5.32 Å². The number of carbonyl (C=O) groups is 1. The molecule has 0 heterocycles. The molecule has 0 aromatic carbocycles. The van der Waals surface area contributed by atoms with Gasteiger partial charge in [0.05, 0.1) is 12.8 Å². The van der Waals surface area contributed by atoms with Crippen molar-refractivity contribution in [3.05, 3.63) is 0 Å². The first-order valence-corrected chi connectivity index (χ1v) is 3.92. The second kappa shape index (κ2) is 5.27. The van der Waals surface area contributed by atoms with Gasteiger partial charge < -0.3 is 5.11 Å². The van der Waals surface area contributed by atoms with Gasteiger partial charge in [0.25, 0.3) is 0 Å². The summed E-state index contributed by atoms with van der Waals surface area (Å²) in [6.07, 6.45) is 0.788. The second-order valence-electron chi connectivity index (χ2n) is 3.16. The van der Waals surface area contributed by atoms with E-state index in [1.54, 1.807) is 0 Å². The van der Waals surface area contributed by atoms with Gasteiger partial charge in [-0.05, 0) is 19.3 Å². The summed E-state index contributed by atoms with van der Waals surface area (Å²) in [4.78, 5) is 10.9. The minimum atomic E-state index is -0.181. The Morgan fingerprint density at radius 3 is 2.36 bits per heavy atom. The smallest absolute Gasteiger partial charge is 0.146 e. The van der Waals surface area contributed by atoms with E-state index in [1.807, 2.05) is 0 Å². The molecule has 0 aliphatic heterocycles. The Kier molecular flexibility index (Phi) is 5.07. The molecule has 66 valence electrons. The zero-order valence-electron chi connectivity index (χ0n) is 7.42. The second-order valence-corrected chi connectivity index (χ2v) is 3.16. The lowest BCUT2D eigenvalue weighted by Gasteiger charge is -2.15. The molecule has 0 saturated heterocycles. The summed E-state index contributed by atoms with van der Waals surface area (Å²) in [5.41, 5.74) is 0. The van der Waals surface area contributed by atoms with Crippen molar-refractivity contribution in [2.75, 3.05) is 6.73 Å². The highest BCUT2D eigenvalue weighted by Crippen LogP contribution is 2.04. The van der Waals surface area contributed by atoms with Crippen LogP contribution in [0.1, 0.15) is 27.2 Å². The van der Waals surface area contributed by atoms with Gasteiger partial charge in [-0.15, -0.1) is 0 Å². The van der Waals surface area contributed by atoms with Crippen molar-refractivity contribution >= 4 is 5.78 Å². The van der Waals surface area contributed by atoms with E-state index >= 15 is 0 Å². The molecular formula is C8H17NO2. The Morgan fingerprint density at radius 1 is 1.55 bits per heavy atom. The van der Waals surface area contributed by atoms with E-state index in [9.17, 15) is 4.79 Å². The fourth-order valence-electron chi connectivity index (χ4n) is 0.975. The van der Waals surface area contributed by atoms with Gasteiger partial charge in [0, 0.05) is 0 Å². The van der Waals surface area contributed by atoms with Gasteiger partial charge in [-0.1, -0.05) is 13.8 Å². The lowest BCUT2D eigenvalue weighted by Crippen LogP contribution is -2.36. The standard InChI is InChI=1S/C8H17NO2/c1-6(2)4-8(7(3)11)9-5-10/h6,8-10H,4-5H2,1-3H3/t8-/m0/s1. The third-order valence-electron chi connectivity index (χ3n) is 1.54. The van der Waals surface area contributed by atoms with Crippen LogP contribution in [0.3, 0.4) is 0 Å². The summed E-state index contributed by atoms with van der Waals surface area (Å²) < 4.78 is 0. The van der Waals surface area contributed by atoms with E-state index in [1.165, 1.54) is 6.92 Å². The highest BCUT2D eigenvalue weighted by Gasteiger charge is 2.13. The number of carbonyl (C=O) groups excluding carboxylic acids is 1. The summed E-state index contributed by atoms with van der Waals surface area (Å²) in [7, 11) is 0. The van der Waals surface area contributed by atoms with Crippen LogP contribution in [0, 0.1) is 5.92 Å². The molecule has 0 aromatic heterocycles. The van der Waals surface area contributed by atoms with E-state index in [2.05, 4.69) is 19.2 Å². The summed E-state index contributed by atoms with van der Waals surface area (Å²) in [6.45, 7) is 5.51. The van der Waals surface area contributed by atoms with Crippen molar-refractivity contribution in [3.8, 4) is 0 Å². The van der Waals surface area contributed by atoms with E-state index < -0.39 is 0 Å². The van der Waals surface area contributed by atoms with Crippen LogP contribution >= 0.6 is 0 Å². The molecule has 3 nitrogen and oxygen atoms in total. The molecule has 0 unspecified atom stereocenters. The molecule has 0 fully saturated rings. The van der Waals surface area contributed by atoms with Gasteiger partial charge in [-0.3, -0.25) is 10.1 Å². The number of Topliss-reactive ketones (excluding diaryl/α,β-unsaturated/α-hetero) is 1. The van der Waals surface area contributed by atoms with E-state index in [4.69, 9.17) is 5.11 Å². The Bertz CT molecular complexity index is 123. The van der Waals surface area contributed by atoms with Crippen molar-refractivity contribution in [1.29, 1.82) is 0 Å². The van der Waals surface area contributed by atoms with Crippen molar-refractivity contribution < 1.29 is 9.90 Å². The van der Waals surface area contributed by atoms with Gasteiger partial charge in [0.15, 0.2) is 0 Å². The first-order chi connectivity index (χ1) is 5.07. The lowest BCUT2D eigenvalue weighted by atomic mass is 10.0. The van der Waals surface area contributed by atoms with Crippen LogP contribution in [-0.2, 0) is 4.79 Å². The van der Waals surface area contributed by atoms with Crippen molar-refractivity contribution in [2.45, 2.75) is 33.2 Å². The SMILES string of the molecule is CC(=O)[C@H](CC(C)C)NCO. The zero-order chi connectivity index (χ0) is 8.85. The molecule has 0 radical (unpaired) electrons. The van der Waals surface area contributed by atoms with Crippen molar-refractivity contribution in [1.82, 2.24) is 5.32 Å². The maximum Gasteiger partial charge on any atom is 0.146 e. The van der Waals surface area contributed by atoms with Crippen LogP contribution in [-0.4, -0.2) is 23.7 Å². The Balaban J connectivity index is 3.79. The van der Waals surface area contributed by atoms with Crippen LogP contribution in [0.2, 0.25) is 0 Å². The third-order valence-corrected chi connectivity index (χ3v) is 1.54. The maximum atomic E-state index is 10.9. The molecule has 11 heavy (non-hydrogen) atoms. The quantitative estimate of drug-likeness (QED) is 0.575. The molecule has 2 N–H and O–H groups in total. The predicted molar refractivity (Wildman–Crippen MR) is 44.1 cm³/mol. The summed E-state index contributed by atoms with van der Waals surface area (Å²) >= 11 is 0. The summed E-state index contributed by atoms with van der Waals surface area (Å²) in [5.74, 6) is 0.565. The van der Waals surface area contributed by atoms with Gasteiger partial charge in [-0.25, -0.2) is 0 Å². The Hall–Kier alpha value is -0.410. The normalized spacial score (nSPS) is 13.5. The lowest BCUT2D eigenvalue weighted by molar-refractivity contribution is -0.119. The molecule has 0 aliphatic carbocycles. The number of hydrogen-bond acceptors (Lipinski definition) is 3. The molecule has 0 saturated carbocycles. The average molecular weight is 159 g/mol. The van der Waals surface area contributed by atoms with Crippen LogP contribution in [0.5, 0.6) is 0 Å². The van der Waals surface area contributed by atoms with Crippen LogP contribution in [0.25, 0.3) is 0 Å². The van der Waals surface area contributed by atoms with Crippen LogP contribution in [0.15, 0.2) is 0 Å². The molecule has 0 bridgehead atoms. The van der Waals surface area contributed by atoms with E-state index in [0.29, 0.717) is 5.92 Å². The molecule has 0 aliphatic rings. The summed E-state index contributed by atoms with van der Waals surface area (Å²) in [5, 5.41) is 11.3. The zero-order valence-corrected chi connectivity index (χ0v) is 7.42. The minimum absolute atomic E-state index is 0.0905. The Labute approximate surface area is 67.8 Å². The fourth-order valence-corrected chi connectivity index (χ4v) is 0.975. The molecule has 1 atom stereocenters. The van der Waals surface area contributed by atoms with Gasteiger partial charge >= 0.3 is 0 Å². The van der Waals surface area contributed by atoms with E-state index in [0.717, 1.165) is 6.42 Å². The largest absolute Gasteiger partial charge is 0.381 e. The summed E-state index contributed by atoms with van der Waals surface area (Å²) in [6, 6.07) is -0.181. The van der Waals surface area contributed by atoms with Crippen molar-refractivity contribution in [3.63, 3.8) is 0 Å². The maximum absolute atomic E-state index is 10.9. The van der Waals surface area contributed by atoms with Gasteiger partial charge in [0.1, 0.15) is 5.78 Å². The molecular weight excluding hydrogens is 142 g/mol. The highest BCUT2D eigenvalue weighted by atomic mass is 16.3. The highest BCUT2D eigenvalue weighted by molar-refractivity contribution is 5.81. The number of rotatable bonds is 5. The number of nitrogens with one attached hydrogen (secondary N) is 1. The van der Waals surface area contributed by atoms with E-state index in [-0.39, 0.29) is 18.6 Å². The molecule has 0 rings (SSSR count). The number of hydrogen-bond donors (Lipinski definition) is 2. The van der Waals surface area contributed by atoms with Crippen molar-refractivity contribution in [2.24, 2.45) is 5.92 Å². The third kappa shape index (κ3) is 4.93. The first-order valence-electron chi connectivity index (χ1n) is 3.92. The molecule has 0 amide bonds. The number of aliphatic hydroxyl groups is 1.